The Morgan fingerprint density at radius 1 is 1.27 bits per heavy atom. The van der Waals surface area contributed by atoms with Crippen LogP contribution in [0.4, 0.5) is 0 Å². The van der Waals surface area contributed by atoms with Crippen molar-refractivity contribution in [2.75, 3.05) is 6.61 Å². The molecule has 1 radical (unpaired) electrons. The summed E-state index contributed by atoms with van der Waals surface area (Å²) in [4.78, 5) is 0. The van der Waals surface area contributed by atoms with Gasteiger partial charge in [-0.1, -0.05) is 26.7 Å². The Morgan fingerprint density at radius 3 is 1.36 bits per heavy atom. The van der Waals surface area contributed by atoms with Crippen molar-refractivity contribution >= 4 is 0 Å². The highest BCUT2D eigenvalue weighted by atomic mass is 16.3. The number of hydrogen-bond acceptors (Lipinski definition) is 2. The van der Waals surface area contributed by atoms with E-state index < -0.39 is 0 Å². The third-order valence-corrected chi connectivity index (χ3v) is 0.354. The molecule has 0 fully saturated rings. The fraction of sp³-hybridized carbons (Fsp3) is 0.889. The van der Waals surface area contributed by atoms with Gasteiger partial charge in [-0.25, -0.2) is 0 Å². The molecule has 0 unspecified atom stereocenters. The van der Waals surface area contributed by atoms with E-state index in [1.54, 1.807) is 20.8 Å². The van der Waals surface area contributed by atoms with Gasteiger partial charge < -0.3 is 10.2 Å². The van der Waals surface area contributed by atoms with Crippen LogP contribution in [0.5, 0.6) is 0 Å². The Balaban J connectivity index is -0.0000000886. The van der Waals surface area contributed by atoms with Gasteiger partial charge in [0, 0.05) is 12.7 Å². The number of aliphatic hydroxyl groups excluding tert-OH is 2. The van der Waals surface area contributed by atoms with Crippen LogP contribution < -0.4 is 0 Å². The van der Waals surface area contributed by atoms with Crippen LogP contribution in [0.15, 0.2) is 0 Å². The minimum Gasteiger partial charge on any atom is -0.397 e. The molecule has 0 aromatic carbocycles. The van der Waals surface area contributed by atoms with E-state index in [4.69, 9.17) is 10.2 Å². The van der Waals surface area contributed by atoms with Crippen molar-refractivity contribution in [3.63, 3.8) is 0 Å². The first-order valence-electron chi connectivity index (χ1n) is 4.14. The fourth-order valence-electron chi connectivity index (χ4n) is 0. The lowest BCUT2D eigenvalue weighted by molar-refractivity contribution is 0.216. The van der Waals surface area contributed by atoms with Crippen LogP contribution in [0.25, 0.3) is 0 Å². The number of aliphatic hydroxyl groups is 2. The van der Waals surface area contributed by atoms with Gasteiger partial charge in [0.25, 0.3) is 0 Å². The lowest BCUT2D eigenvalue weighted by atomic mass is 10.4. The predicted molar refractivity (Wildman–Crippen MR) is 50.4 cm³/mol. The number of rotatable bonds is 1. The molecular formula is C9H23O2. The summed E-state index contributed by atoms with van der Waals surface area (Å²) in [5, 5.41) is 15.6. The molecule has 0 aliphatic carbocycles. The van der Waals surface area contributed by atoms with Gasteiger partial charge in [-0.05, 0) is 20.8 Å². The summed E-state index contributed by atoms with van der Waals surface area (Å²) in [6, 6.07) is 0. The molecule has 0 atom stereocenters. The summed E-state index contributed by atoms with van der Waals surface area (Å²) in [6.07, 6.45) is 2.11. The number of hydrogen-bond donors (Lipinski definition) is 2. The zero-order chi connectivity index (χ0) is 9.70. The van der Waals surface area contributed by atoms with Gasteiger partial charge in [0.1, 0.15) is 0 Å². The van der Waals surface area contributed by atoms with Crippen molar-refractivity contribution < 1.29 is 10.2 Å². The van der Waals surface area contributed by atoms with Crippen LogP contribution in [0.1, 0.15) is 40.5 Å². The Kier molecular flexibility index (Phi) is 35.1. The summed E-state index contributed by atoms with van der Waals surface area (Å²) in [5.74, 6) is 0. The van der Waals surface area contributed by atoms with Crippen LogP contribution in [-0.4, -0.2) is 22.9 Å². The molecule has 0 aromatic rings. The maximum absolute atomic E-state index is 8.06. The molecule has 0 bridgehead atoms. The van der Waals surface area contributed by atoms with Crippen molar-refractivity contribution in [3.8, 4) is 0 Å². The third-order valence-electron chi connectivity index (χ3n) is 0.354. The van der Waals surface area contributed by atoms with Crippen LogP contribution >= 0.6 is 0 Å². The lowest BCUT2D eigenvalue weighted by Crippen LogP contribution is -1.85. The van der Waals surface area contributed by atoms with E-state index in [9.17, 15) is 0 Å². The van der Waals surface area contributed by atoms with Gasteiger partial charge in [0.2, 0.25) is 0 Å². The molecule has 2 N–H and O–H groups in total. The second-order valence-electron chi connectivity index (χ2n) is 2.26. The fourth-order valence-corrected chi connectivity index (χ4v) is 0. The number of unbranched alkanes of at least 4 members (excludes halogenated alkanes) is 1. The van der Waals surface area contributed by atoms with Gasteiger partial charge in [-0.3, -0.25) is 0 Å². The molecule has 0 aliphatic heterocycles. The Morgan fingerprint density at radius 2 is 1.36 bits per heavy atom. The first kappa shape index (κ1) is 17.1. The molecule has 2 heteroatoms. The Bertz CT molecular complexity index is 31.8. The summed E-state index contributed by atoms with van der Waals surface area (Å²) >= 11 is 0. The van der Waals surface area contributed by atoms with E-state index in [0.29, 0.717) is 0 Å². The highest BCUT2D eigenvalue weighted by molar-refractivity contribution is 4.29. The maximum Gasteiger partial charge on any atom is 0.0483 e. The van der Waals surface area contributed by atoms with Crippen molar-refractivity contribution in [2.24, 2.45) is 0 Å². The average molecular weight is 163 g/mol. The van der Waals surface area contributed by atoms with Crippen molar-refractivity contribution in [1.29, 1.82) is 0 Å². The van der Waals surface area contributed by atoms with E-state index in [2.05, 4.69) is 13.8 Å². The normalized spacial score (nSPS) is 7.64. The van der Waals surface area contributed by atoms with Crippen LogP contribution in [0, 0.1) is 6.92 Å². The molecule has 0 rings (SSSR count). The topological polar surface area (TPSA) is 40.5 Å². The van der Waals surface area contributed by atoms with Crippen LogP contribution in [0.3, 0.4) is 0 Å². The SMILES string of the molecule is CC(C)O.CCO.[CH2]CCC. The minimum atomic E-state index is -0.167. The van der Waals surface area contributed by atoms with Crippen LogP contribution in [0.2, 0.25) is 0 Å². The molecule has 11 heavy (non-hydrogen) atoms. The first-order valence-corrected chi connectivity index (χ1v) is 4.14. The van der Waals surface area contributed by atoms with Gasteiger partial charge in [0.05, 0.1) is 0 Å². The molecule has 2 nitrogen and oxygen atoms in total. The maximum atomic E-state index is 8.06. The molecule has 0 saturated heterocycles. The van der Waals surface area contributed by atoms with E-state index in [0.717, 1.165) is 6.42 Å². The lowest BCUT2D eigenvalue weighted by Gasteiger charge is -1.80. The molecular weight excluding hydrogens is 140 g/mol. The van der Waals surface area contributed by atoms with E-state index in [-0.39, 0.29) is 12.7 Å². The van der Waals surface area contributed by atoms with Gasteiger partial charge in [0.15, 0.2) is 0 Å². The van der Waals surface area contributed by atoms with Crippen molar-refractivity contribution in [1.82, 2.24) is 0 Å². The second-order valence-corrected chi connectivity index (χ2v) is 2.26. The standard InChI is InChI=1S/C4H9.C3H8O.C2H6O/c1-3-4-2;1-3(2)4;1-2-3/h1,3-4H2,2H3;3-4H,1-2H3;3H,2H2,1H3. The quantitative estimate of drug-likeness (QED) is 0.620. The van der Waals surface area contributed by atoms with Crippen molar-refractivity contribution in [2.45, 2.75) is 46.6 Å². The van der Waals surface area contributed by atoms with Crippen molar-refractivity contribution in [3.05, 3.63) is 6.92 Å². The molecule has 0 amide bonds. The molecule has 0 heterocycles. The first-order chi connectivity index (χ1) is 5.06. The highest BCUT2D eigenvalue weighted by Crippen LogP contribution is 1.76. The average Bonchev–Trinajstić information content (AvgIpc) is 1.88. The predicted octanol–water partition coefficient (Wildman–Crippen LogP) is 2.01. The highest BCUT2D eigenvalue weighted by Gasteiger charge is 1.69. The molecule has 0 saturated carbocycles. The smallest absolute Gasteiger partial charge is 0.0483 e. The molecule has 0 aromatic heterocycles. The molecule has 0 aliphatic rings. The van der Waals surface area contributed by atoms with E-state index >= 15 is 0 Å². The Hall–Kier alpha value is -0.0800. The van der Waals surface area contributed by atoms with Crippen LogP contribution in [-0.2, 0) is 0 Å². The summed E-state index contributed by atoms with van der Waals surface area (Å²) in [6.45, 7) is 11.1. The monoisotopic (exact) mass is 163 g/mol. The van der Waals surface area contributed by atoms with Gasteiger partial charge >= 0.3 is 0 Å². The summed E-state index contributed by atoms with van der Waals surface area (Å²) in [5.41, 5.74) is 0. The Labute approximate surface area is 71.3 Å². The third kappa shape index (κ3) is 735. The molecule has 71 valence electrons. The largest absolute Gasteiger partial charge is 0.397 e. The van der Waals surface area contributed by atoms with E-state index in [1.807, 2.05) is 0 Å². The zero-order valence-electron chi connectivity index (χ0n) is 8.30. The molecule has 0 spiro atoms. The second kappa shape index (κ2) is 22.5. The summed E-state index contributed by atoms with van der Waals surface area (Å²) in [7, 11) is 0. The van der Waals surface area contributed by atoms with Gasteiger partial charge in [-0.2, -0.15) is 0 Å². The minimum absolute atomic E-state index is 0.167. The zero-order valence-corrected chi connectivity index (χ0v) is 8.30. The van der Waals surface area contributed by atoms with Gasteiger partial charge in [-0.15, -0.1) is 0 Å². The summed E-state index contributed by atoms with van der Waals surface area (Å²) < 4.78 is 0. The van der Waals surface area contributed by atoms with E-state index in [1.165, 1.54) is 6.42 Å².